The van der Waals surface area contributed by atoms with Crippen molar-refractivity contribution in [2.24, 2.45) is 0 Å². The fraction of sp³-hybridized carbons (Fsp3) is 0.400. The van der Waals surface area contributed by atoms with Crippen molar-refractivity contribution in [2.45, 2.75) is 38.5 Å². The maximum absolute atomic E-state index is 13.1. The zero-order valence-electron chi connectivity index (χ0n) is 19.4. The molecule has 8 nitrogen and oxygen atoms in total. The molecular weight excluding hydrogens is 420 g/mol. The first-order valence-electron chi connectivity index (χ1n) is 11.8. The van der Waals surface area contributed by atoms with Crippen LogP contribution in [0.3, 0.4) is 0 Å². The highest BCUT2D eigenvalue weighted by Crippen LogP contribution is 2.32. The lowest BCUT2D eigenvalue weighted by Gasteiger charge is -2.29. The number of carbonyl (C=O) groups excluding carboxylic acids is 3. The van der Waals surface area contributed by atoms with E-state index < -0.39 is 17.8 Å². The Morgan fingerprint density at radius 1 is 1.06 bits per heavy atom. The van der Waals surface area contributed by atoms with E-state index in [1.54, 1.807) is 12.1 Å². The molecule has 0 saturated carbocycles. The minimum absolute atomic E-state index is 0.00302. The first-order valence-corrected chi connectivity index (χ1v) is 11.3. The summed E-state index contributed by atoms with van der Waals surface area (Å²) in [4.78, 5) is 40.7. The quantitative estimate of drug-likeness (QED) is 0.655. The predicted octanol–water partition coefficient (Wildman–Crippen LogP) is 1.89. The Morgan fingerprint density at radius 2 is 1.82 bits per heavy atom. The van der Waals surface area contributed by atoms with Crippen LogP contribution >= 0.6 is 0 Å². The highest BCUT2D eigenvalue weighted by Gasteiger charge is 2.39. The largest absolute Gasteiger partial charge is 0.381 e. The minimum Gasteiger partial charge on any atom is -0.381 e. The van der Waals surface area contributed by atoms with Crippen LogP contribution in [0.15, 0.2) is 42.5 Å². The van der Waals surface area contributed by atoms with Gasteiger partial charge in [-0.05, 0) is 29.7 Å². The third-order valence-corrected chi connectivity index (χ3v) is 6.41. The van der Waals surface area contributed by atoms with E-state index in [1.165, 1.54) is 10.5 Å². The van der Waals surface area contributed by atoms with E-state index in [0.29, 0.717) is 12.1 Å². The number of carbonyl (C=O) groups is 3. The zero-order valence-corrected chi connectivity index (χ0v) is 18.4. The van der Waals surface area contributed by atoms with Crippen molar-refractivity contribution >= 4 is 23.4 Å². The van der Waals surface area contributed by atoms with Crippen molar-refractivity contribution in [3.63, 3.8) is 0 Å². The first kappa shape index (κ1) is 20.4. The monoisotopic (exact) mass is 449 g/mol. The number of fused-ring (bicyclic) bond motifs is 1. The molecule has 5 rings (SSSR count). The molecule has 2 aromatic carbocycles. The fourth-order valence-corrected chi connectivity index (χ4v) is 4.56. The predicted molar refractivity (Wildman–Crippen MR) is 122 cm³/mol. The Balaban J connectivity index is 1.25. The van der Waals surface area contributed by atoms with Gasteiger partial charge in [-0.3, -0.25) is 24.6 Å². The first-order chi connectivity index (χ1) is 16.4. The molecule has 2 aromatic rings. The summed E-state index contributed by atoms with van der Waals surface area (Å²) in [7, 11) is 0. The second-order valence-electron chi connectivity index (χ2n) is 8.61. The van der Waals surface area contributed by atoms with E-state index in [4.69, 9.17) is 6.11 Å². The number of hydrogen-bond acceptors (Lipinski definition) is 6. The summed E-state index contributed by atoms with van der Waals surface area (Å²) in [5, 5.41) is 5.62. The molecule has 172 valence electrons. The van der Waals surface area contributed by atoms with Crippen LogP contribution in [0.4, 0.5) is 5.69 Å². The van der Waals surface area contributed by atoms with Crippen molar-refractivity contribution < 1.29 is 20.5 Å². The topological polar surface area (TPSA) is 91.0 Å². The third kappa shape index (κ3) is 4.62. The number of rotatable bonds is 6. The van der Waals surface area contributed by atoms with Crippen molar-refractivity contribution in [3.8, 4) is 0 Å². The van der Waals surface area contributed by atoms with Crippen molar-refractivity contribution in [1.29, 1.82) is 0 Å². The van der Waals surface area contributed by atoms with E-state index in [9.17, 15) is 14.4 Å². The number of hydrogen-bond donors (Lipinski definition) is 2. The number of imide groups is 1. The highest BCUT2D eigenvalue weighted by molar-refractivity contribution is 6.06. The maximum Gasteiger partial charge on any atom is 0.255 e. The molecule has 0 aromatic heterocycles. The van der Waals surface area contributed by atoms with Crippen molar-refractivity contribution in [2.75, 3.05) is 31.6 Å². The number of nitrogens with zero attached hydrogens (tertiary/aromatic N) is 2. The molecule has 3 heterocycles. The van der Waals surface area contributed by atoms with Gasteiger partial charge >= 0.3 is 0 Å². The van der Waals surface area contributed by atoms with Gasteiger partial charge in [-0.25, -0.2) is 0 Å². The smallest absolute Gasteiger partial charge is 0.255 e. The number of anilines is 1. The van der Waals surface area contributed by atoms with Crippen LogP contribution < -0.4 is 10.6 Å². The van der Waals surface area contributed by atoms with Gasteiger partial charge in [0.15, 0.2) is 0 Å². The van der Waals surface area contributed by atoms with E-state index in [1.807, 2.05) is 6.07 Å². The van der Waals surface area contributed by atoms with Crippen LogP contribution in [0, 0.1) is 0 Å². The van der Waals surface area contributed by atoms with Gasteiger partial charge < -0.3 is 15.0 Å². The normalized spacial score (nSPS) is 23.8. The molecule has 2 saturated heterocycles. The van der Waals surface area contributed by atoms with Gasteiger partial charge in [0.25, 0.3) is 5.91 Å². The summed E-state index contributed by atoms with van der Waals surface area (Å²) in [5.74, 6) is -1.50. The SMILES string of the molecule is [2H]C1(N2Cc3c(NCc4ccc(CN5CCOCC5)cc4)cccc3C2=O)CCC(=O)NC1=O. The minimum atomic E-state index is -1.78. The lowest BCUT2D eigenvalue weighted by atomic mass is 10.0. The summed E-state index contributed by atoms with van der Waals surface area (Å²) in [6.45, 7) is 5.13. The van der Waals surface area contributed by atoms with Crippen LogP contribution in [0.25, 0.3) is 0 Å². The van der Waals surface area contributed by atoms with Crippen LogP contribution in [-0.2, 0) is 34.0 Å². The van der Waals surface area contributed by atoms with Crippen LogP contribution in [0.1, 0.15) is 41.3 Å². The Labute approximate surface area is 194 Å². The summed E-state index contributed by atoms with van der Waals surface area (Å²) in [6, 6.07) is 12.1. The molecular formula is C25H28N4O4. The Hall–Kier alpha value is -3.23. The Kier molecular flexibility index (Phi) is 5.76. The van der Waals surface area contributed by atoms with E-state index >= 15 is 0 Å². The molecule has 0 aliphatic carbocycles. The van der Waals surface area contributed by atoms with E-state index in [2.05, 4.69) is 39.8 Å². The lowest BCUT2D eigenvalue weighted by molar-refractivity contribution is -0.136. The molecule has 0 bridgehead atoms. The average molecular weight is 450 g/mol. The van der Waals surface area contributed by atoms with Gasteiger partial charge in [0.2, 0.25) is 11.8 Å². The molecule has 33 heavy (non-hydrogen) atoms. The second-order valence-corrected chi connectivity index (χ2v) is 8.61. The molecule has 2 N–H and O–H groups in total. The molecule has 0 radical (unpaired) electrons. The van der Waals surface area contributed by atoms with Crippen LogP contribution in [0.2, 0.25) is 0 Å². The molecule has 1 atom stereocenters. The summed E-state index contributed by atoms with van der Waals surface area (Å²) in [6.07, 6.45) is 0.0406. The van der Waals surface area contributed by atoms with Gasteiger partial charge in [0.1, 0.15) is 6.02 Å². The van der Waals surface area contributed by atoms with Gasteiger partial charge in [-0.1, -0.05) is 30.3 Å². The second kappa shape index (κ2) is 9.33. The molecule has 3 aliphatic heterocycles. The lowest BCUT2D eigenvalue weighted by Crippen LogP contribution is -2.52. The summed E-state index contributed by atoms with van der Waals surface area (Å²) >= 11 is 0. The van der Waals surface area contributed by atoms with Crippen molar-refractivity contribution in [3.05, 3.63) is 64.7 Å². The highest BCUT2D eigenvalue weighted by atomic mass is 16.5. The summed E-state index contributed by atoms with van der Waals surface area (Å²) in [5.41, 5.74) is 4.45. The maximum atomic E-state index is 13.1. The number of benzene rings is 2. The Bertz CT molecular complexity index is 1120. The fourth-order valence-electron chi connectivity index (χ4n) is 4.56. The molecule has 0 spiro atoms. The number of piperidine rings is 1. The molecule has 8 heteroatoms. The standard InChI is InChI=1S/C25H28N4O4/c30-23-9-8-22(24(31)27-23)29-16-20-19(25(29)32)2-1-3-21(20)26-14-17-4-6-18(7-5-17)15-28-10-12-33-13-11-28/h1-7,22,26H,8-16H2,(H,27,30,31)/i22D. The molecule has 1 unspecified atom stereocenters. The van der Waals surface area contributed by atoms with Gasteiger partial charge in [-0.15, -0.1) is 0 Å². The average Bonchev–Trinajstić information content (AvgIpc) is 3.20. The van der Waals surface area contributed by atoms with Crippen LogP contribution in [0.5, 0.6) is 0 Å². The number of nitrogens with one attached hydrogen (secondary N) is 2. The molecule has 2 fully saturated rings. The number of amides is 3. The zero-order chi connectivity index (χ0) is 23.7. The Morgan fingerprint density at radius 3 is 2.58 bits per heavy atom. The van der Waals surface area contributed by atoms with E-state index in [-0.39, 0.29) is 25.3 Å². The third-order valence-electron chi connectivity index (χ3n) is 6.41. The van der Waals surface area contributed by atoms with Gasteiger partial charge in [0.05, 0.1) is 14.6 Å². The summed E-state index contributed by atoms with van der Waals surface area (Å²) < 4.78 is 14.1. The van der Waals surface area contributed by atoms with E-state index in [0.717, 1.165) is 49.7 Å². The number of morpholine rings is 1. The van der Waals surface area contributed by atoms with Gasteiger partial charge in [-0.2, -0.15) is 0 Å². The number of ether oxygens (including phenoxy) is 1. The molecule has 3 aliphatic rings. The molecule has 3 amide bonds. The van der Waals surface area contributed by atoms with Gasteiger partial charge in [0, 0.05) is 56.0 Å². The van der Waals surface area contributed by atoms with Crippen molar-refractivity contribution in [1.82, 2.24) is 15.1 Å². The van der Waals surface area contributed by atoms with Crippen LogP contribution in [-0.4, -0.2) is 59.8 Å².